The highest BCUT2D eigenvalue weighted by molar-refractivity contribution is 6.17. The maximum Gasteiger partial charge on any atom is 0.195 e. The maximum absolute atomic E-state index is 12.9. The Labute approximate surface area is 134 Å². The van der Waals surface area contributed by atoms with Crippen molar-refractivity contribution in [2.24, 2.45) is 0 Å². The van der Waals surface area contributed by atoms with Gasteiger partial charge in [0.15, 0.2) is 5.78 Å². The van der Waals surface area contributed by atoms with Crippen LogP contribution in [0.2, 0.25) is 0 Å². The Hall–Kier alpha value is -2.90. The van der Waals surface area contributed by atoms with Crippen LogP contribution in [0.4, 0.5) is 0 Å². The summed E-state index contributed by atoms with van der Waals surface area (Å²) in [6.07, 6.45) is 0. The molecular formula is C19H16N2O2. The summed E-state index contributed by atoms with van der Waals surface area (Å²) in [4.78, 5) is 12.9. The van der Waals surface area contributed by atoms with Crippen molar-refractivity contribution >= 4 is 16.7 Å². The molecule has 1 heterocycles. The molecule has 0 aliphatic heterocycles. The molecule has 3 aromatic rings. The number of rotatable bonds is 4. The molecule has 1 N–H and O–H groups in total. The van der Waals surface area contributed by atoms with E-state index in [0.29, 0.717) is 23.2 Å². The normalized spacial score (nSPS) is 10.7. The molecule has 0 spiro atoms. The lowest BCUT2D eigenvalue weighted by atomic mass is 9.99. The van der Waals surface area contributed by atoms with Crippen LogP contribution in [-0.4, -0.2) is 22.1 Å². The smallest absolute Gasteiger partial charge is 0.195 e. The highest BCUT2D eigenvalue weighted by Crippen LogP contribution is 2.28. The minimum atomic E-state index is -0.0696. The van der Waals surface area contributed by atoms with Gasteiger partial charge < -0.3 is 9.67 Å². The lowest BCUT2D eigenvalue weighted by Gasteiger charge is -2.06. The van der Waals surface area contributed by atoms with Gasteiger partial charge >= 0.3 is 0 Å². The summed E-state index contributed by atoms with van der Waals surface area (Å²) in [6.45, 7) is 2.36. The zero-order valence-corrected chi connectivity index (χ0v) is 12.8. The fraction of sp³-hybridized carbons (Fsp3) is 0.158. The topological polar surface area (TPSA) is 66.0 Å². The van der Waals surface area contributed by atoms with Crippen molar-refractivity contribution < 1.29 is 9.90 Å². The third-order valence-corrected chi connectivity index (χ3v) is 4.06. The Balaban J connectivity index is 2.17. The molecular weight excluding hydrogens is 288 g/mol. The number of hydrogen-bond donors (Lipinski definition) is 1. The van der Waals surface area contributed by atoms with Gasteiger partial charge in [-0.25, -0.2) is 0 Å². The molecule has 0 aliphatic rings. The average Bonchev–Trinajstić information content (AvgIpc) is 2.87. The maximum atomic E-state index is 12.9. The van der Waals surface area contributed by atoms with Crippen LogP contribution < -0.4 is 0 Å². The van der Waals surface area contributed by atoms with E-state index in [4.69, 9.17) is 5.26 Å². The van der Waals surface area contributed by atoms with Crippen LogP contribution in [0.25, 0.3) is 10.9 Å². The number of aromatic nitrogens is 1. The summed E-state index contributed by atoms with van der Waals surface area (Å²) in [5.41, 5.74) is 3.52. The van der Waals surface area contributed by atoms with Crippen LogP contribution in [0.1, 0.15) is 27.2 Å². The molecule has 2 aromatic carbocycles. The van der Waals surface area contributed by atoms with E-state index in [-0.39, 0.29) is 12.4 Å². The molecule has 0 bridgehead atoms. The number of nitriles is 1. The molecule has 4 heteroatoms. The van der Waals surface area contributed by atoms with Gasteiger partial charge in [-0.15, -0.1) is 0 Å². The first-order valence-electron chi connectivity index (χ1n) is 7.41. The van der Waals surface area contributed by atoms with Crippen LogP contribution in [0, 0.1) is 18.3 Å². The fourth-order valence-corrected chi connectivity index (χ4v) is 2.95. The van der Waals surface area contributed by atoms with Crippen molar-refractivity contribution in [2.45, 2.75) is 13.5 Å². The molecule has 0 saturated heterocycles. The number of aliphatic hydroxyl groups is 1. The number of fused-ring (bicyclic) bond motifs is 1. The average molecular weight is 304 g/mol. The third-order valence-electron chi connectivity index (χ3n) is 4.06. The number of carbonyl (C=O) groups is 1. The number of para-hydroxylation sites is 1. The summed E-state index contributed by atoms with van der Waals surface area (Å²) < 4.78 is 1.96. The summed E-state index contributed by atoms with van der Waals surface area (Å²) in [5.74, 6) is -0.0696. The molecule has 0 aliphatic carbocycles. The van der Waals surface area contributed by atoms with Gasteiger partial charge in [-0.1, -0.05) is 18.2 Å². The van der Waals surface area contributed by atoms with Gasteiger partial charge in [-0.05, 0) is 37.3 Å². The first kappa shape index (κ1) is 15.0. The van der Waals surface area contributed by atoms with E-state index in [1.807, 2.05) is 35.8 Å². The first-order valence-corrected chi connectivity index (χ1v) is 7.41. The Morgan fingerprint density at radius 1 is 1.17 bits per heavy atom. The second-order valence-corrected chi connectivity index (χ2v) is 5.37. The van der Waals surface area contributed by atoms with E-state index in [1.54, 1.807) is 24.3 Å². The number of hydrogen-bond acceptors (Lipinski definition) is 3. The molecule has 3 rings (SSSR count). The van der Waals surface area contributed by atoms with Gasteiger partial charge in [-0.2, -0.15) is 5.26 Å². The highest BCUT2D eigenvalue weighted by atomic mass is 16.3. The van der Waals surface area contributed by atoms with Crippen molar-refractivity contribution in [1.82, 2.24) is 4.57 Å². The van der Waals surface area contributed by atoms with Crippen molar-refractivity contribution in [3.63, 3.8) is 0 Å². The van der Waals surface area contributed by atoms with E-state index in [0.717, 1.165) is 16.6 Å². The number of benzene rings is 2. The zero-order valence-electron chi connectivity index (χ0n) is 12.8. The largest absolute Gasteiger partial charge is 0.395 e. The van der Waals surface area contributed by atoms with Crippen LogP contribution in [0.5, 0.6) is 0 Å². The standard InChI is InChI=1S/C19H16N2O2/c1-13-18(19(23)15-8-6-14(12-20)7-9-15)16-4-2-3-5-17(16)21(13)10-11-22/h2-9,22H,10-11H2,1H3. The molecule has 0 radical (unpaired) electrons. The molecule has 0 fully saturated rings. The Kier molecular flexibility index (Phi) is 3.96. The second kappa shape index (κ2) is 6.07. The van der Waals surface area contributed by atoms with Crippen molar-refractivity contribution in [3.05, 3.63) is 70.9 Å². The summed E-state index contributed by atoms with van der Waals surface area (Å²) in [7, 11) is 0. The van der Waals surface area contributed by atoms with Crippen LogP contribution in [0.3, 0.4) is 0 Å². The second-order valence-electron chi connectivity index (χ2n) is 5.37. The van der Waals surface area contributed by atoms with E-state index in [1.165, 1.54) is 0 Å². The minimum absolute atomic E-state index is 0.0179. The summed E-state index contributed by atoms with van der Waals surface area (Å²) in [6, 6.07) is 16.4. The molecule has 0 saturated carbocycles. The monoisotopic (exact) mass is 304 g/mol. The van der Waals surface area contributed by atoms with Gasteiger partial charge in [0.25, 0.3) is 0 Å². The van der Waals surface area contributed by atoms with Gasteiger partial charge in [0.1, 0.15) is 0 Å². The van der Waals surface area contributed by atoms with E-state index >= 15 is 0 Å². The van der Waals surface area contributed by atoms with Crippen molar-refractivity contribution in [3.8, 4) is 6.07 Å². The lowest BCUT2D eigenvalue weighted by molar-refractivity contribution is 0.103. The van der Waals surface area contributed by atoms with Crippen molar-refractivity contribution in [1.29, 1.82) is 5.26 Å². The SMILES string of the molecule is Cc1c(C(=O)c2ccc(C#N)cc2)c2ccccc2n1CCO. The van der Waals surface area contributed by atoms with Gasteiger partial charge in [0.05, 0.1) is 23.8 Å². The van der Waals surface area contributed by atoms with Crippen molar-refractivity contribution in [2.75, 3.05) is 6.61 Å². The van der Waals surface area contributed by atoms with Gasteiger partial charge in [0, 0.05) is 28.7 Å². The van der Waals surface area contributed by atoms with E-state index in [2.05, 4.69) is 6.07 Å². The Morgan fingerprint density at radius 2 is 1.87 bits per heavy atom. The van der Waals surface area contributed by atoms with Crippen LogP contribution >= 0.6 is 0 Å². The first-order chi connectivity index (χ1) is 11.2. The van der Waals surface area contributed by atoms with Gasteiger partial charge in [-0.3, -0.25) is 4.79 Å². The molecule has 0 amide bonds. The lowest BCUT2D eigenvalue weighted by Crippen LogP contribution is -2.07. The number of aliphatic hydroxyl groups excluding tert-OH is 1. The predicted octanol–water partition coefficient (Wildman–Crippen LogP) is 3.04. The highest BCUT2D eigenvalue weighted by Gasteiger charge is 2.20. The summed E-state index contributed by atoms with van der Waals surface area (Å²) >= 11 is 0. The van der Waals surface area contributed by atoms with Crippen LogP contribution in [-0.2, 0) is 6.54 Å². The molecule has 0 unspecified atom stereocenters. The quantitative estimate of drug-likeness (QED) is 0.753. The van der Waals surface area contributed by atoms with E-state index in [9.17, 15) is 9.90 Å². The predicted molar refractivity (Wildman–Crippen MR) is 88.4 cm³/mol. The van der Waals surface area contributed by atoms with Gasteiger partial charge in [0.2, 0.25) is 0 Å². The van der Waals surface area contributed by atoms with E-state index < -0.39 is 0 Å². The number of nitrogens with zero attached hydrogens (tertiary/aromatic N) is 2. The molecule has 23 heavy (non-hydrogen) atoms. The number of ketones is 1. The minimum Gasteiger partial charge on any atom is -0.395 e. The zero-order chi connectivity index (χ0) is 16.4. The molecule has 1 aromatic heterocycles. The Morgan fingerprint density at radius 3 is 2.52 bits per heavy atom. The molecule has 0 atom stereocenters. The summed E-state index contributed by atoms with van der Waals surface area (Å²) in [5, 5.41) is 19.0. The number of carbonyl (C=O) groups excluding carboxylic acids is 1. The Bertz CT molecular complexity index is 915. The third kappa shape index (κ3) is 2.52. The molecule has 4 nitrogen and oxygen atoms in total. The molecule has 114 valence electrons. The fourth-order valence-electron chi connectivity index (χ4n) is 2.95. The van der Waals surface area contributed by atoms with Crippen LogP contribution in [0.15, 0.2) is 48.5 Å².